The molecule has 418 valence electrons. The first-order valence-corrected chi connectivity index (χ1v) is 29.1. The average molecular weight is 1090 g/mol. The van der Waals surface area contributed by atoms with Gasteiger partial charge in [-0.15, -0.1) is 18.1 Å². The lowest BCUT2D eigenvalue weighted by atomic mass is 9.82. The van der Waals surface area contributed by atoms with Gasteiger partial charge in [0.2, 0.25) is 0 Å². The monoisotopic (exact) mass is 1090 g/mol. The van der Waals surface area contributed by atoms with E-state index in [1.54, 1.807) is 6.08 Å². The first kappa shape index (κ1) is 60.0. The van der Waals surface area contributed by atoms with Gasteiger partial charge < -0.3 is 4.57 Å². The first-order chi connectivity index (χ1) is 40.0. The van der Waals surface area contributed by atoms with Gasteiger partial charge in [-0.3, -0.25) is 0 Å². The minimum absolute atomic E-state index is 0.102. The van der Waals surface area contributed by atoms with Crippen molar-refractivity contribution >= 4 is 39.3 Å². The molecule has 83 heavy (non-hydrogen) atoms. The molecule has 7 nitrogen and oxygen atoms in total. The zero-order valence-electron chi connectivity index (χ0n) is 50.3. The molecule has 1 atom stereocenters. The lowest BCUT2D eigenvalue weighted by molar-refractivity contribution is 0.492. The summed E-state index contributed by atoms with van der Waals surface area (Å²) >= 11 is 0. The smallest absolute Gasteiger partial charge is 0.164 e. The summed E-state index contributed by atoms with van der Waals surface area (Å²) in [5.74, 6) is 6.68. The lowest BCUT2D eigenvalue weighted by Crippen LogP contribution is -2.11. The Morgan fingerprint density at radius 3 is 2.22 bits per heavy atom. The highest BCUT2D eigenvalue weighted by Crippen LogP contribution is 2.43. The molecule has 0 aliphatic heterocycles. The number of allylic oxidation sites excluding steroid dienone is 24. The van der Waals surface area contributed by atoms with E-state index in [-0.39, 0.29) is 10.8 Å². The standard InChI is InChI=1S/C76H79N7/c1-14-19-22-25-31-46-83-67(48-54(7)47-60(35-21-16-3)73-79-69(55(33-17-4)34-20-15-2)77-70(80-73)57-38-29-26-30-39-57)65(50-62(18-5)75(8,9)10)66-52-63(76(11,12)13)51-64(68(66)83)59-40-32-41-61(49-59)74-81-71(56-36-27-23-24-28-37-56)78-72(82-74)58-44-42-53(6)43-45-58/h4,15-16,19-23,25-32,34-42,44-45,47,49-53H,3,7,14,18,33,43,46,48H2,1-2,5-6,8-13H3/b20-15-,22-19-,31-25-,35-21-,55-34+,60-47+,62-50+. The third-order valence-corrected chi connectivity index (χ3v) is 14.6. The van der Waals surface area contributed by atoms with Crippen molar-refractivity contribution in [2.45, 2.75) is 113 Å². The topological polar surface area (TPSA) is 82.3 Å². The van der Waals surface area contributed by atoms with Gasteiger partial charge in [0, 0.05) is 75.0 Å². The Morgan fingerprint density at radius 1 is 0.795 bits per heavy atom. The summed E-state index contributed by atoms with van der Waals surface area (Å²) in [7, 11) is 0. The molecule has 0 saturated heterocycles. The molecule has 3 heterocycles. The number of benzene rings is 3. The fourth-order valence-electron chi connectivity index (χ4n) is 10.1. The van der Waals surface area contributed by atoms with Gasteiger partial charge >= 0.3 is 0 Å². The van der Waals surface area contributed by atoms with Gasteiger partial charge in [0.15, 0.2) is 34.9 Å². The number of hydrogen-bond acceptors (Lipinski definition) is 6. The summed E-state index contributed by atoms with van der Waals surface area (Å²) in [6.07, 6.45) is 50.9. The van der Waals surface area contributed by atoms with Crippen molar-refractivity contribution in [3.8, 4) is 46.2 Å². The Hall–Kier alpha value is -9.08. The van der Waals surface area contributed by atoms with Crippen LogP contribution in [-0.2, 0) is 18.4 Å². The van der Waals surface area contributed by atoms with E-state index in [1.165, 1.54) is 22.1 Å². The van der Waals surface area contributed by atoms with E-state index in [1.807, 2.05) is 98.0 Å². The van der Waals surface area contributed by atoms with Crippen LogP contribution in [0, 0.1) is 23.7 Å². The molecule has 2 aliphatic rings. The molecule has 0 radical (unpaired) electrons. The van der Waals surface area contributed by atoms with Gasteiger partial charge in [0.1, 0.15) is 0 Å². The van der Waals surface area contributed by atoms with Crippen LogP contribution >= 0.6 is 0 Å². The van der Waals surface area contributed by atoms with Crippen LogP contribution in [-0.4, -0.2) is 34.5 Å². The predicted octanol–water partition coefficient (Wildman–Crippen LogP) is 19.2. The SMILES string of the molecule is C#CC/C(=C\C=C/C)c1nc(C(/C=C\C=C)=C/C(=C)Cc2c(/C=C(\CC)C(C)(C)C)c3cc(C(C)(C)C)cc(-c4cccc(-c5nc(C6=CC=C=CC=C6)nc(C6=CCC(C)C=C6)n5)c4)c3n2C/C=C\C=C/CC)nc(-c2ccccc2)n1. The maximum absolute atomic E-state index is 5.96. The number of fused-ring (bicyclic) bond motifs is 1. The normalized spacial score (nSPS) is 15.3. The molecule has 3 aromatic heterocycles. The molecule has 0 N–H and O–H groups in total. The van der Waals surface area contributed by atoms with E-state index in [4.69, 9.17) is 42.9 Å². The van der Waals surface area contributed by atoms with Gasteiger partial charge in [-0.25, -0.2) is 29.9 Å². The molecule has 0 saturated carbocycles. The molecule has 0 amide bonds. The lowest BCUT2D eigenvalue weighted by Gasteiger charge is -2.23. The quantitative estimate of drug-likeness (QED) is 0.0430. The highest BCUT2D eigenvalue weighted by atomic mass is 15.0. The molecule has 2 aliphatic carbocycles. The van der Waals surface area contributed by atoms with Gasteiger partial charge in [0.05, 0.1) is 5.52 Å². The molecule has 0 spiro atoms. The molecule has 7 heteroatoms. The molecule has 8 rings (SSSR count). The summed E-state index contributed by atoms with van der Waals surface area (Å²) in [5.41, 5.74) is 17.2. The molecule has 0 fully saturated rings. The minimum Gasteiger partial charge on any atom is -0.339 e. The number of hydrogen-bond donors (Lipinski definition) is 0. The van der Waals surface area contributed by atoms with Crippen molar-refractivity contribution in [2.24, 2.45) is 11.3 Å². The Kier molecular flexibility index (Phi) is 20.0. The van der Waals surface area contributed by atoms with Crippen LogP contribution in [0.1, 0.15) is 135 Å². The third-order valence-electron chi connectivity index (χ3n) is 14.6. The van der Waals surface area contributed by atoms with E-state index in [9.17, 15) is 0 Å². The summed E-state index contributed by atoms with van der Waals surface area (Å²) in [6, 6.07) is 23.5. The van der Waals surface area contributed by atoms with Crippen molar-refractivity contribution in [3.05, 3.63) is 252 Å². The maximum atomic E-state index is 5.96. The molecule has 0 bridgehead atoms. The second-order valence-electron chi connectivity index (χ2n) is 23.1. The van der Waals surface area contributed by atoms with Crippen molar-refractivity contribution in [3.63, 3.8) is 0 Å². The zero-order valence-corrected chi connectivity index (χ0v) is 50.3. The number of rotatable bonds is 20. The fourth-order valence-corrected chi connectivity index (χ4v) is 10.1. The summed E-state index contributed by atoms with van der Waals surface area (Å²) in [4.78, 5) is 30.8. The van der Waals surface area contributed by atoms with Crippen molar-refractivity contribution in [1.82, 2.24) is 34.5 Å². The van der Waals surface area contributed by atoms with E-state index in [0.717, 1.165) is 80.6 Å². The third kappa shape index (κ3) is 15.1. The summed E-state index contributed by atoms with van der Waals surface area (Å²) < 4.78 is 2.52. The first-order valence-electron chi connectivity index (χ1n) is 29.1. The van der Waals surface area contributed by atoms with Gasteiger partial charge in [-0.1, -0.05) is 227 Å². The number of nitrogens with zero attached hydrogens (tertiary/aromatic N) is 7. The van der Waals surface area contributed by atoms with Crippen LogP contribution in [0.25, 0.3) is 73.2 Å². The van der Waals surface area contributed by atoms with Crippen molar-refractivity contribution < 1.29 is 0 Å². The molecule has 3 aromatic carbocycles. The van der Waals surface area contributed by atoms with E-state index in [0.29, 0.717) is 60.3 Å². The molecular weight excluding hydrogens is 1010 g/mol. The molecular formula is C76H79N7. The van der Waals surface area contributed by atoms with Crippen LogP contribution in [0.4, 0.5) is 0 Å². The zero-order chi connectivity index (χ0) is 59.1. The van der Waals surface area contributed by atoms with Crippen LogP contribution < -0.4 is 0 Å². The highest BCUT2D eigenvalue weighted by Gasteiger charge is 2.27. The van der Waals surface area contributed by atoms with Crippen molar-refractivity contribution in [2.75, 3.05) is 0 Å². The summed E-state index contributed by atoms with van der Waals surface area (Å²) in [6.45, 7) is 32.0. The highest BCUT2D eigenvalue weighted by molar-refractivity contribution is 6.02. The van der Waals surface area contributed by atoms with Crippen LogP contribution in [0.3, 0.4) is 0 Å². The molecule has 1 unspecified atom stereocenters. The van der Waals surface area contributed by atoms with Crippen molar-refractivity contribution in [1.29, 1.82) is 0 Å². The van der Waals surface area contributed by atoms with Gasteiger partial charge in [-0.2, -0.15) is 0 Å². The largest absolute Gasteiger partial charge is 0.339 e. The molecule has 6 aromatic rings. The van der Waals surface area contributed by atoms with E-state index >= 15 is 0 Å². The fraction of sp³-hybridized carbons (Fsp3) is 0.250. The average Bonchev–Trinajstić information content (AvgIpc) is 2.26. The Morgan fingerprint density at radius 2 is 1.52 bits per heavy atom. The van der Waals surface area contributed by atoms with Gasteiger partial charge in [-0.05, 0) is 102 Å². The van der Waals surface area contributed by atoms with E-state index < -0.39 is 0 Å². The van der Waals surface area contributed by atoms with Crippen LogP contribution in [0.15, 0.2) is 212 Å². The summed E-state index contributed by atoms with van der Waals surface area (Å²) in [5, 5.41) is 1.18. The second-order valence-corrected chi connectivity index (χ2v) is 23.1. The Bertz CT molecular complexity index is 3870. The predicted molar refractivity (Wildman–Crippen MR) is 354 cm³/mol. The Balaban J connectivity index is 1.39. The van der Waals surface area contributed by atoms with Gasteiger partial charge in [0.25, 0.3) is 0 Å². The van der Waals surface area contributed by atoms with E-state index in [2.05, 4.69) is 176 Å². The van der Waals surface area contributed by atoms with Crippen LogP contribution in [0.5, 0.6) is 0 Å². The minimum atomic E-state index is -0.199. The number of terminal acetylenes is 1. The Labute approximate surface area is 494 Å². The second kappa shape index (κ2) is 27.6. The van der Waals surface area contributed by atoms with Crippen LogP contribution in [0.2, 0.25) is 0 Å². The maximum Gasteiger partial charge on any atom is 0.164 e. The number of aromatic nitrogens is 7.